The van der Waals surface area contributed by atoms with Crippen molar-refractivity contribution in [3.63, 3.8) is 0 Å². The molecular weight excluding hydrogens is 432 g/mol. The number of ether oxygens (including phenoxy) is 1. The van der Waals surface area contributed by atoms with Crippen molar-refractivity contribution in [3.05, 3.63) is 70.8 Å². The standard InChI is InChI=1S/C27H26N2O5/c1-14-7-8-19(10-15(14)2)28-22(30)13-34-27(33)17-5-4-6-20(11-17)29-25(31)23-18-9-16(3)21(12-18)24(23)26(29)32/h4-11,18,21,23-24H,12-13H2,1-3H3,(H,28,30)/t18-,21+,23+,24-/m0/s1. The first-order valence-corrected chi connectivity index (χ1v) is 11.4. The van der Waals surface area contributed by atoms with Gasteiger partial charge in [0.2, 0.25) is 11.8 Å². The Hall–Kier alpha value is -3.74. The molecule has 174 valence electrons. The van der Waals surface area contributed by atoms with Crippen LogP contribution in [0.4, 0.5) is 11.4 Å². The first-order valence-electron chi connectivity index (χ1n) is 11.4. The molecule has 2 fully saturated rings. The molecule has 5 rings (SSSR count). The van der Waals surface area contributed by atoms with E-state index < -0.39 is 18.5 Å². The van der Waals surface area contributed by atoms with Crippen molar-refractivity contribution in [2.75, 3.05) is 16.8 Å². The predicted octanol–water partition coefficient (Wildman–Crippen LogP) is 3.80. The molecule has 1 saturated carbocycles. The van der Waals surface area contributed by atoms with E-state index in [4.69, 9.17) is 4.74 Å². The van der Waals surface area contributed by atoms with Crippen LogP contribution in [0.3, 0.4) is 0 Å². The van der Waals surface area contributed by atoms with Gasteiger partial charge in [0, 0.05) is 5.69 Å². The molecule has 2 aliphatic carbocycles. The summed E-state index contributed by atoms with van der Waals surface area (Å²) >= 11 is 0. The van der Waals surface area contributed by atoms with Crippen molar-refractivity contribution in [2.24, 2.45) is 23.7 Å². The lowest BCUT2D eigenvalue weighted by atomic mass is 9.82. The number of benzene rings is 2. The molecular formula is C27H26N2O5. The molecule has 3 aliphatic rings. The Kier molecular flexibility index (Phi) is 5.35. The molecule has 0 spiro atoms. The van der Waals surface area contributed by atoms with Gasteiger partial charge in [-0.3, -0.25) is 14.4 Å². The summed E-state index contributed by atoms with van der Waals surface area (Å²) in [6.45, 7) is 5.50. The van der Waals surface area contributed by atoms with Crippen LogP contribution in [-0.4, -0.2) is 30.3 Å². The molecule has 7 heteroatoms. The number of nitrogens with one attached hydrogen (secondary N) is 1. The molecule has 1 saturated heterocycles. The minimum Gasteiger partial charge on any atom is -0.452 e. The zero-order chi connectivity index (χ0) is 24.1. The molecule has 4 atom stereocenters. The average Bonchev–Trinajstić information content (AvgIpc) is 3.45. The van der Waals surface area contributed by atoms with Crippen LogP contribution in [0.25, 0.3) is 0 Å². The van der Waals surface area contributed by atoms with E-state index in [9.17, 15) is 19.2 Å². The molecule has 2 bridgehead atoms. The van der Waals surface area contributed by atoms with Gasteiger partial charge < -0.3 is 10.1 Å². The van der Waals surface area contributed by atoms with Crippen LogP contribution in [0, 0.1) is 37.5 Å². The molecule has 0 aromatic heterocycles. The first kappa shape index (κ1) is 22.1. The number of hydrogen-bond acceptors (Lipinski definition) is 5. The smallest absolute Gasteiger partial charge is 0.338 e. The number of amides is 3. The summed E-state index contributed by atoms with van der Waals surface area (Å²) in [4.78, 5) is 52.3. The summed E-state index contributed by atoms with van der Waals surface area (Å²) < 4.78 is 5.17. The first-order chi connectivity index (χ1) is 16.2. The van der Waals surface area contributed by atoms with Gasteiger partial charge in [0.05, 0.1) is 23.1 Å². The second-order valence-electron chi connectivity index (χ2n) is 9.45. The molecule has 1 aliphatic heterocycles. The molecule has 1 N–H and O–H groups in total. The fraction of sp³-hybridized carbons (Fsp3) is 0.333. The summed E-state index contributed by atoms with van der Waals surface area (Å²) in [7, 11) is 0. The number of nitrogens with zero attached hydrogens (tertiary/aromatic N) is 1. The third kappa shape index (κ3) is 3.61. The number of imide groups is 1. The molecule has 34 heavy (non-hydrogen) atoms. The van der Waals surface area contributed by atoms with Crippen molar-refractivity contribution in [3.8, 4) is 0 Å². The van der Waals surface area contributed by atoms with Crippen molar-refractivity contribution < 1.29 is 23.9 Å². The van der Waals surface area contributed by atoms with Crippen molar-refractivity contribution >= 4 is 35.1 Å². The number of carbonyl (C=O) groups excluding carboxylic acids is 4. The third-order valence-electron chi connectivity index (χ3n) is 7.35. The quantitative estimate of drug-likeness (QED) is 0.418. The SMILES string of the molecule is CC1=C[C@H]2C[C@H]1[C@@H]1C(=O)N(c3cccc(C(=O)OCC(=O)Nc4ccc(C)c(C)c4)c3)C(=O)[C@@H]12. The maximum Gasteiger partial charge on any atom is 0.338 e. The predicted molar refractivity (Wildman–Crippen MR) is 126 cm³/mol. The fourth-order valence-electron chi connectivity index (χ4n) is 5.53. The third-order valence-corrected chi connectivity index (χ3v) is 7.35. The Labute approximate surface area is 197 Å². The van der Waals surface area contributed by atoms with Gasteiger partial charge in [-0.05, 0) is 80.5 Å². The van der Waals surface area contributed by atoms with Gasteiger partial charge in [-0.25, -0.2) is 9.69 Å². The number of carbonyl (C=O) groups is 4. The average molecular weight is 459 g/mol. The van der Waals surface area contributed by atoms with Gasteiger partial charge in [0.1, 0.15) is 0 Å². The van der Waals surface area contributed by atoms with Crippen LogP contribution in [0.5, 0.6) is 0 Å². The number of hydrogen-bond donors (Lipinski definition) is 1. The van der Waals surface area contributed by atoms with Crippen LogP contribution < -0.4 is 10.2 Å². The number of aryl methyl sites for hydroxylation is 2. The fourth-order valence-corrected chi connectivity index (χ4v) is 5.53. The monoisotopic (exact) mass is 458 g/mol. The highest BCUT2D eigenvalue weighted by atomic mass is 16.5. The maximum absolute atomic E-state index is 13.2. The largest absolute Gasteiger partial charge is 0.452 e. The Morgan fingerprint density at radius 1 is 1.00 bits per heavy atom. The number of esters is 1. The van der Waals surface area contributed by atoms with E-state index in [-0.39, 0.29) is 41.0 Å². The highest BCUT2D eigenvalue weighted by Gasteiger charge is 2.60. The number of fused-ring (bicyclic) bond motifs is 5. The number of allylic oxidation sites excluding steroid dienone is 2. The van der Waals surface area contributed by atoms with E-state index in [1.807, 2.05) is 32.9 Å². The Bertz CT molecular complexity index is 1260. The van der Waals surface area contributed by atoms with Crippen LogP contribution in [0.1, 0.15) is 34.8 Å². The van der Waals surface area contributed by atoms with E-state index >= 15 is 0 Å². The van der Waals surface area contributed by atoms with Gasteiger partial charge in [-0.15, -0.1) is 0 Å². The van der Waals surface area contributed by atoms with Crippen LogP contribution >= 0.6 is 0 Å². The Morgan fingerprint density at radius 2 is 1.76 bits per heavy atom. The molecule has 2 aromatic carbocycles. The molecule has 0 unspecified atom stereocenters. The lowest BCUT2D eigenvalue weighted by Crippen LogP contribution is -2.33. The van der Waals surface area contributed by atoms with Crippen molar-refractivity contribution in [1.29, 1.82) is 0 Å². The second-order valence-corrected chi connectivity index (χ2v) is 9.45. The molecule has 2 aromatic rings. The van der Waals surface area contributed by atoms with E-state index in [1.165, 1.54) is 22.6 Å². The summed E-state index contributed by atoms with van der Waals surface area (Å²) in [5.74, 6) is -1.95. The summed E-state index contributed by atoms with van der Waals surface area (Å²) in [5.41, 5.74) is 4.50. The minimum atomic E-state index is -0.700. The van der Waals surface area contributed by atoms with E-state index in [1.54, 1.807) is 18.2 Å². The van der Waals surface area contributed by atoms with Crippen LogP contribution in [0.15, 0.2) is 54.1 Å². The number of rotatable bonds is 5. The highest BCUT2D eigenvalue weighted by molar-refractivity contribution is 6.23. The Balaban J connectivity index is 1.25. The highest BCUT2D eigenvalue weighted by Crippen LogP contribution is 2.55. The summed E-state index contributed by atoms with van der Waals surface area (Å²) in [6.07, 6.45) is 2.99. The second kappa shape index (κ2) is 8.24. The normalized spacial score (nSPS) is 24.8. The van der Waals surface area contributed by atoms with E-state index in [2.05, 4.69) is 11.4 Å². The van der Waals surface area contributed by atoms with Gasteiger partial charge in [0.25, 0.3) is 5.91 Å². The van der Waals surface area contributed by atoms with Gasteiger partial charge in [0.15, 0.2) is 6.61 Å². The maximum atomic E-state index is 13.2. The zero-order valence-electron chi connectivity index (χ0n) is 19.3. The van der Waals surface area contributed by atoms with Gasteiger partial charge in [-0.2, -0.15) is 0 Å². The minimum absolute atomic E-state index is 0.112. The molecule has 3 amide bonds. The van der Waals surface area contributed by atoms with Gasteiger partial charge in [-0.1, -0.05) is 23.8 Å². The summed E-state index contributed by atoms with van der Waals surface area (Å²) in [6, 6.07) is 11.8. The zero-order valence-corrected chi connectivity index (χ0v) is 19.3. The van der Waals surface area contributed by atoms with E-state index in [0.717, 1.165) is 17.5 Å². The lowest BCUT2D eigenvalue weighted by molar-refractivity contribution is -0.123. The van der Waals surface area contributed by atoms with Gasteiger partial charge >= 0.3 is 5.97 Å². The van der Waals surface area contributed by atoms with Crippen molar-refractivity contribution in [2.45, 2.75) is 27.2 Å². The topological polar surface area (TPSA) is 92.8 Å². The Morgan fingerprint density at radius 3 is 2.53 bits per heavy atom. The van der Waals surface area contributed by atoms with Crippen LogP contribution in [0.2, 0.25) is 0 Å². The van der Waals surface area contributed by atoms with Crippen molar-refractivity contribution in [1.82, 2.24) is 0 Å². The molecule has 1 heterocycles. The number of anilines is 2. The summed E-state index contributed by atoms with van der Waals surface area (Å²) in [5, 5.41) is 2.71. The van der Waals surface area contributed by atoms with E-state index in [0.29, 0.717) is 11.4 Å². The lowest BCUT2D eigenvalue weighted by Gasteiger charge is -2.19. The molecule has 0 radical (unpaired) electrons. The van der Waals surface area contributed by atoms with Crippen LogP contribution in [-0.2, 0) is 19.1 Å². The molecule has 7 nitrogen and oxygen atoms in total.